The molecule has 0 saturated carbocycles. The van der Waals surface area contributed by atoms with Crippen molar-refractivity contribution in [3.63, 3.8) is 0 Å². The van der Waals surface area contributed by atoms with Gasteiger partial charge < -0.3 is 9.47 Å². The van der Waals surface area contributed by atoms with Crippen LogP contribution in [0.2, 0.25) is 0 Å². The molecule has 0 spiro atoms. The molecule has 0 radical (unpaired) electrons. The monoisotopic (exact) mass is 419 g/mol. The topological polar surface area (TPSA) is 35.5 Å². The van der Waals surface area contributed by atoms with E-state index in [1.807, 2.05) is 36.4 Å². The number of carbonyl (C=O) groups excluding carboxylic acids is 1. The highest BCUT2D eigenvalue weighted by atomic mass is 32.2. The molecule has 3 aromatic rings. The smallest absolute Gasteiger partial charge is 0.422 e. The summed E-state index contributed by atoms with van der Waals surface area (Å²) in [6.07, 6.45) is -4.39. The molecule has 3 aromatic carbocycles. The molecule has 0 amide bonds. The first kappa shape index (κ1) is 20.8. The summed E-state index contributed by atoms with van der Waals surface area (Å²) in [5.41, 5.74) is 0.434. The van der Waals surface area contributed by atoms with Crippen LogP contribution in [-0.4, -0.2) is 25.9 Å². The summed E-state index contributed by atoms with van der Waals surface area (Å²) in [6.45, 7) is -1.34. The van der Waals surface area contributed by atoms with Crippen molar-refractivity contribution in [1.29, 1.82) is 0 Å². The Morgan fingerprint density at radius 1 is 0.862 bits per heavy atom. The third-order valence-corrected chi connectivity index (χ3v) is 6.14. The van der Waals surface area contributed by atoms with Gasteiger partial charge in [0.2, 0.25) is 0 Å². The summed E-state index contributed by atoms with van der Waals surface area (Å²) in [5, 5.41) is 0. The summed E-state index contributed by atoms with van der Waals surface area (Å²) in [7, 11) is 0.767. The normalized spacial score (nSPS) is 12.3. The van der Waals surface area contributed by atoms with Gasteiger partial charge in [0, 0.05) is 6.07 Å². The first-order valence-corrected chi connectivity index (χ1v) is 9.87. The van der Waals surface area contributed by atoms with E-state index in [2.05, 4.69) is 0 Å². The fourth-order valence-electron chi connectivity index (χ4n) is 2.67. The highest BCUT2D eigenvalue weighted by Crippen LogP contribution is 2.32. The van der Waals surface area contributed by atoms with Crippen molar-refractivity contribution in [2.45, 2.75) is 20.9 Å². The lowest BCUT2D eigenvalue weighted by Crippen LogP contribution is -2.19. The van der Waals surface area contributed by atoms with Crippen molar-refractivity contribution < 1.29 is 27.4 Å². The number of rotatable bonds is 6. The molecule has 3 rings (SSSR count). The van der Waals surface area contributed by atoms with Gasteiger partial charge >= 0.3 is 12.1 Å². The molecule has 0 saturated heterocycles. The number of hydrogen-bond donors (Lipinski definition) is 0. The van der Waals surface area contributed by atoms with Gasteiger partial charge in [-0.05, 0) is 48.5 Å². The van der Waals surface area contributed by atoms with Crippen molar-refractivity contribution in [2.75, 3.05) is 13.7 Å². The summed E-state index contributed by atoms with van der Waals surface area (Å²) < 4.78 is 46.7. The SMILES string of the molecule is COC(=O)c1cccc([S+](c2ccccc2)c2ccc(OCC(F)(F)F)cc2)c1. The predicted molar refractivity (Wildman–Crippen MR) is 104 cm³/mol. The zero-order valence-electron chi connectivity index (χ0n) is 15.5. The van der Waals surface area contributed by atoms with Gasteiger partial charge in [-0.15, -0.1) is 0 Å². The van der Waals surface area contributed by atoms with Crippen LogP contribution in [0.25, 0.3) is 0 Å². The van der Waals surface area contributed by atoms with Gasteiger partial charge in [-0.2, -0.15) is 13.2 Å². The van der Waals surface area contributed by atoms with Crippen LogP contribution in [0, 0.1) is 0 Å². The Balaban J connectivity index is 1.96. The van der Waals surface area contributed by atoms with Crippen LogP contribution in [0.5, 0.6) is 5.75 Å². The molecular formula is C22H18F3O3S+. The minimum absolute atomic E-state index is 0.144. The molecule has 0 aliphatic heterocycles. The Kier molecular flexibility index (Phi) is 6.49. The number of ether oxygens (including phenoxy) is 2. The highest BCUT2D eigenvalue weighted by Gasteiger charge is 2.30. The Morgan fingerprint density at radius 3 is 2.10 bits per heavy atom. The number of benzene rings is 3. The van der Waals surface area contributed by atoms with Gasteiger partial charge in [0.05, 0.1) is 23.6 Å². The van der Waals surface area contributed by atoms with Gasteiger partial charge in [-0.25, -0.2) is 4.79 Å². The third-order valence-electron chi connectivity index (χ3n) is 3.93. The first-order chi connectivity index (χ1) is 13.9. The molecule has 1 atom stereocenters. The van der Waals surface area contributed by atoms with Crippen molar-refractivity contribution in [1.82, 2.24) is 0 Å². The Bertz CT molecular complexity index is 957. The van der Waals surface area contributed by atoms with Crippen LogP contribution < -0.4 is 4.74 Å². The van der Waals surface area contributed by atoms with E-state index >= 15 is 0 Å². The maximum Gasteiger partial charge on any atom is 0.422 e. The van der Waals surface area contributed by atoms with Crippen LogP contribution in [0.1, 0.15) is 10.4 Å². The predicted octanol–water partition coefficient (Wildman–Crippen LogP) is 5.51. The van der Waals surface area contributed by atoms with Gasteiger partial charge in [0.1, 0.15) is 5.75 Å². The van der Waals surface area contributed by atoms with E-state index in [0.29, 0.717) is 5.56 Å². The Morgan fingerprint density at radius 2 is 1.48 bits per heavy atom. The van der Waals surface area contributed by atoms with Crippen molar-refractivity contribution in [3.8, 4) is 5.75 Å². The number of carbonyl (C=O) groups is 1. The maximum atomic E-state index is 12.4. The first-order valence-electron chi connectivity index (χ1n) is 8.65. The quantitative estimate of drug-likeness (QED) is 0.390. The number of alkyl halides is 3. The molecule has 3 nitrogen and oxygen atoms in total. The van der Waals surface area contributed by atoms with Crippen LogP contribution in [-0.2, 0) is 15.6 Å². The average molecular weight is 419 g/mol. The van der Waals surface area contributed by atoms with Gasteiger partial charge in [-0.3, -0.25) is 0 Å². The number of hydrogen-bond acceptors (Lipinski definition) is 3. The third kappa shape index (κ3) is 5.54. The molecule has 0 N–H and O–H groups in total. The highest BCUT2D eigenvalue weighted by molar-refractivity contribution is 7.97. The molecule has 0 bridgehead atoms. The standard InChI is InChI=1S/C22H18F3O3S/c1-27-21(26)16-6-5-9-20(14-16)29(18-7-3-2-4-8-18)19-12-10-17(11-13-19)28-15-22(23,24)25/h2-14H,15H2,1H3/q+1. The average Bonchev–Trinajstić information content (AvgIpc) is 2.73. The molecule has 29 heavy (non-hydrogen) atoms. The summed E-state index contributed by atoms with van der Waals surface area (Å²) in [4.78, 5) is 14.7. The molecule has 1 unspecified atom stereocenters. The minimum atomic E-state index is -4.39. The Hall–Kier alpha value is -2.93. The minimum Gasteiger partial charge on any atom is -0.484 e. The van der Waals surface area contributed by atoms with E-state index in [1.54, 1.807) is 30.3 Å². The van der Waals surface area contributed by atoms with Crippen LogP contribution in [0.15, 0.2) is 93.5 Å². The maximum absolute atomic E-state index is 12.4. The van der Waals surface area contributed by atoms with Crippen molar-refractivity contribution in [3.05, 3.63) is 84.4 Å². The second-order valence-electron chi connectivity index (χ2n) is 6.01. The number of methoxy groups -OCH3 is 1. The molecule has 0 aliphatic rings. The lowest BCUT2D eigenvalue weighted by molar-refractivity contribution is -0.153. The van der Waals surface area contributed by atoms with E-state index in [-0.39, 0.29) is 5.75 Å². The van der Waals surface area contributed by atoms with Crippen LogP contribution in [0.3, 0.4) is 0 Å². The fraction of sp³-hybridized carbons (Fsp3) is 0.136. The largest absolute Gasteiger partial charge is 0.484 e. The van der Waals surface area contributed by atoms with E-state index in [0.717, 1.165) is 14.7 Å². The molecule has 0 aromatic heterocycles. The van der Waals surface area contributed by atoms with E-state index in [1.165, 1.54) is 19.2 Å². The van der Waals surface area contributed by atoms with Crippen molar-refractivity contribution in [2.24, 2.45) is 0 Å². The molecule has 0 aliphatic carbocycles. The number of esters is 1. The fourth-order valence-corrected chi connectivity index (χ4v) is 4.78. The van der Waals surface area contributed by atoms with Crippen LogP contribution in [0.4, 0.5) is 13.2 Å². The van der Waals surface area contributed by atoms with Gasteiger partial charge in [0.15, 0.2) is 21.3 Å². The summed E-state index contributed by atoms with van der Waals surface area (Å²) >= 11 is 0. The van der Waals surface area contributed by atoms with E-state index < -0.39 is 29.6 Å². The summed E-state index contributed by atoms with van der Waals surface area (Å²) in [5.74, 6) is -0.287. The molecule has 7 heteroatoms. The second-order valence-corrected chi connectivity index (χ2v) is 8.04. The van der Waals surface area contributed by atoms with Crippen LogP contribution >= 0.6 is 0 Å². The van der Waals surface area contributed by atoms with E-state index in [4.69, 9.17) is 9.47 Å². The number of halogens is 3. The zero-order valence-corrected chi connectivity index (χ0v) is 16.3. The second kappa shape index (κ2) is 9.05. The molecule has 150 valence electrons. The molecule has 0 fully saturated rings. The molecular weight excluding hydrogens is 401 g/mol. The lowest BCUT2D eigenvalue weighted by atomic mass is 10.2. The molecule has 0 heterocycles. The van der Waals surface area contributed by atoms with E-state index in [9.17, 15) is 18.0 Å². The lowest BCUT2D eigenvalue weighted by Gasteiger charge is -2.11. The summed E-state index contributed by atoms with van der Waals surface area (Å²) in [6, 6.07) is 23.4. The Labute approximate surface area is 169 Å². The van der Waals surface area contributed by atoms with Crippen molar-refractivity contribution >= 4 is 16.9 Å². The van der Waals surface area contributed by atoms with Gasteiger partial charge in [0.25, 0.3) is 0 Å². The zero-order chi connectivity index (χ0) is 20.9. The van der Waals surface area contributed by atoms with Gasteiger partial charge in [-0.1, -0.05) is 24.3 Å².